The molecule has 1 aliphatic rings. The molecular formula is C13H15ClN2O2. The summed E-state index contributed by atoms with van der Waals surface area (Å²) in [5, 5.41) is 11.6. The summed E-state index contributed by atoms with van der Waals surface area (Å²) in [5.41, 5.74) is 1.44. The molecule has 4 nitrogen and oxygen atoms in total. The van der Waals surface area contributed by atoms with Crippen molar-refractivity contribution in [1.29, 1.82) is 5.26 Å². The van der Waals surface area contributed by atoms with Crippen LogP contribution in [0.15, 0.2) is 24.3 Å². The molecule has 0 saturated carbocycles. The zero-order valence-electron chi connectivity index (χ0n) is 10.3. The third-order valence-corrected chi connectivity index (χ3v) is 2.99. The fraction of sp³-hybridized carbons (Fsp3) is 0.385. The number of ether oxygens (including phenoxy) is 1. The summed E-state index contributed by atoms with van der Waals surface area (Å²) in [7, 11) is 0. The molecule has 0 radical (unpaired) electrons. The van der Waals surface area contributed by atoms with Crippen LogP contribution in [0.1, 0.15) is 31.0 Å². The molecule has 18 heavy (non-hydrogen) atoms. The second-order valence-electron chi connectivity index (χ2n) is 4.88. The molecular weight excluding hydrogens is 252 g/mol. The third kappa shape index (κ3) is 2.74. The van der Waals surface area contributed by atoms with Crippen LogP contribution in [0.4, 0.5) is 4.79 Å². The van der Waals surface area contributed by atoms with Crippen LogP contribution in [-0.4, -0.2) is 12.7 Å². The smallest absolute Gasteiger partial charge is 0.407 e. The molecule has 1 heterocycles. The van der Waals surface area contributed by atoms with Gasteiger partial charge in [0.2, 0.25) is 0 Å². The quantitative estimate of drug-likeness (QED) is 0.850. The maximum absolute atomic E-state index is 11.3. The molecule has 0 bridgehead atoms. The van der Waals surface area contributed by atoms with E-state index in [4.69, 9.17) is 10.00 Å². The standard InChI is InChI=1S/C13H14N2O2.ClH/c1-13(2)8-17-12(16)15-11(13)10-5-3-9(7-14)4-6-10;/h3-6,11H,8H2,1-2H3,(H,15,16);1H/t11-;/m0./s1. The number of cyclic esters (lactones) is 1. The minimum Gasteiger partial charge on any atom is -0.449 e. The molecule has 2 rings (SSSR count). The van der Waals surface area contributed by atoms with Crippen molar-refractivity contribution in [2.75, 3.05) is 6.61 Å². The van der Waals surface area contributed by atoms with E-state index in [2.05, 4.69) is 11.4 Å². The van der Waals surface area contributed by atoms with E-state index >= 15 is 0 Å². The fourth-order valence-corrected chi connectivity index (χ4v) is 1.97. The molecule has 1 aliphatic heterocycles. The SMILES string of the molecule is CC1(C)COC(=O)N[C@H]1c1ccc(C#N)cc1.Cl. The molecule has 0 aliphatic carbocycles. The highest BCUT2D eigenvalue weighted by molar-refractivity contribution is 5.85. The van der Waals surface area contributed by atoms with E-state index in [1.165, 1.54) is 0 Å². The van der Waals surface area contributed by atoms with Gasteiger partial charge in [0, 0.05) is 5.41 Å². The Hall–Kier alpha value is -1.73. The summed E-state index contributed by atoms with van der Waals surface area (Å²) in [4.78, 5) is 11.3. The lowest BCUT2D eigenvalue weighted by Crippen LogP contribution is -2.46. The highest BCUT2D eigenvalue weighted by atomic mass is 35.5. The number of hydrogen-bond donors (Lipinski definition) is 1. The van der Waals surface area contributed by atoms with Crippen molar-refractivity contribution in [2.45, 2.75) is 19.9 Å². The van der Waals surface area contributed by atoms with Gasteiger partial charge in [-0.1, -0.05) is 26.0 Å². The van der Waals surface area contributed by atoms with Crippen molar-refractivity contribution in [3.63, 3.8) is 0 Å². The second kappa shape index (κ2) is 5.28. The molecule has 1 atom stereocenters. The lowest BCUT2D eigenvalue weighted by atomic mass is 9.80. The lowest BCUT2D eigenvalue weighted by Gasteiger charge is -2.38. The molecule has 1 N–H and O–H groups in total. The van der Waals surface area contributed by atoms with Crippen molar-refractivity contribution in [2.24, 2.45) is 5.41 Å². The van der Waals surface area contributed by atoms with Gasteiger partial charge in [-0.25, -0.2) is 4.79 Å². The van der Waals surface area contributed by atoms with Crippen LogP contribution in [0.2, 0.25) is 0 Å². The van der Waals surface area contributed by atoms with E-state index in [1.54, 1.807) is 12.1 Å². The van der Waals surface area contributed by atoms with E-state index < -0.39 is 6.09 Å². The van der Waals surface area contributed by atoms with Gasteiger partial charge < -0.3 is 10.1 Å². The molecule has 0 aromatic heterocycles. The monoisotopic (exact) mass is 266 g/mol. The topological polar surface area (TPSA) is 62.1 Å². The van der Waals surface area contributed by atoms with Crippen molar-refractivity contribution >= 4 is 18.5 Å². The summed E-state index contributed by atoms with van der Waals surface area (Å²) < 4.78 is 4.99. The van der Waals surface area contributed by atoms with E-state index in [0.717, 1.165) is 5.56 Å². The van der Waals surface area contributed by atoms with Crippen molar-refractivity contribution in [1.82, 2.24) is 5.32 Å². The lowest BCUT2D eigenvalue weighted by molar-refractivity contribution is 0.0387. The van der Waals surface area contributed by atoms with Gasteiger partial charge in [0.1, 0.15) is 6.61 Å². The van der Waals surface area contributed by atoms with Crippen molar-refractivity contribution in [3.05, 3.63) is 35.4 Å². The Balaban J connectivity index is 0.00000162. The fourth-order valence-electron chi connectivity index (χ4n) is 1.97. The number of carbonyl (C=O) groups is 1. The average molecular weight is 267 g/mol. The van der Waals surface area contributed by atoms with E-state index in [9.17, 15) is 4.79 Å². The number of alkyl carbamates (subject to hydrolysis) is 1. The Morgan fingerprint density at radius 2 is 2.00 bits per heavy atom. The predicted octanol–water partition coefficient (Wildman–Crippen LogP) is 2.79. The minimum atomic E-state index is -0.390. The van der Waals surface area contributed by atoms with Gasteiger partial charge in [-0.15, -0.1) is 12.4 Å². The maximum atomic E-state index is 11.3. The maximum Gasteiger partial charge on any atom is 0.407 e. The molecule has 1 aromatic rings. The number of nitriles is 1. The molecule has 0 spiro atoms. The summed E-state index contributed by atoms with van der Waals surface area (Å²) in [5.74, 6) is 0. The number of nitrogens with one attached hydrogen (secondary N) is 1. The number of hydrogen-bond acceptors (Lipinski definition) is 3. The van der Waals surface area contributed by atoms with Crippen LogP contribution < -0.4 is 5.32 Å². The summed E-state index contributed by atoms with van der Waals surface area (Å²) in [6.07, 6.45) is -0.390. The van der Waals surface area contributed by atoms with Crippen LogP contribution in [-0.2, 0) is 4.74 Å². The Morgan fingerprint density at radius 3 is 2.56 bits per heavy atom. The largest absolute Gasteiger partial charge is 0.449 e. The highest BCUT2D eigenvalue weighted by Crippen LogP contribution is 2.36. The Morgan fingerprint density at radius 1 is 1.39 bits per heavy atom. The van der Waals surface area contributed by atoms with Gasteiger partial charge in [-0.2, -0.15) is 5.26 Å². The van der Waals surface area contributed by atoms with Gasteiger partial charge in [0.05, 0.1) is 17.7 Å². The number of halogens is 1. The predicted molar refractivity (Wildman–Crippen MR) is 69.4 cm³/mol. The molecule has 1 aromatic carbocycles. The summed E-state index contributed by atoms with van der Waals surface area (Å²) >= 11 is 0. The second-order valence-corrected chi connectivity index (χ2v) is 4.88. The first-order valence-corrected chi connectivity index (χ1v) is 5.46. The molecule has 0 unspecified atom stereocenters. The Kier molecular flexibility index (Phi) is 4.20. The molecule has 1 saturated heterocycles. The average Bonchev–Trinajstić information content (AvgIpc) is 2.33. The molecule has 96 valence electrons. The summed E-state index contributed by atoms with van der Waals surface area (Å²) in [6, 6.07) is 9.25. The number of carbonyl (C=O) groups excluding carboxylic acids is 1. The Bertz CT molecular complexity index is 477. The van der Waals surface area contributed by atoms with Crippen molar-refractivity contribution < 1.29 is 9.53 Å². The number of benzene rings is 1. The summed E-state index contributed by atoms with van der Waals surface area (Å²) in [6.45, 7) is 4.47. The van der Waals surface area contributed by atoms with Gasteiger partial charge in [0.25, 0.3) is 0 Å². The highest BCUT2D eigenvalue weighted by Gasteiger charge is 2.37. The zero-order chi connectivity index (χ0) is 12.5. The van der Waals surface area contributed by atoms with Gasteiger partial charge in [0.15, 0.2) is 0 Å². The van der Waals surface area contributed by atoms with E-state index in [0.29, 0.717) is 12.2 Å². The van der Waals surface area contributed by atoms with Gasteiger partial charge in [-0.05, 0) is 17.7 Å². The van der Waals surface area contributed by atoms with Crippen molar-refractivity contribution in [3.8, 4) is 6.07 Å². The first-order valence-electron chi connectivity index (χ1n) is 5.46. The number of rotatable bonds is 1. The van der Waals surface area contributed by atoms with Crippen LogP contribution in [0.25, 0.3) is 0 Å². The third-order valence-electron chi connectivity index (χ3n) is 2.99. The minimum absolute atomic E-state index is 0. The molecule has 5 heteroatoms. The molecule has 1 fully saturated rings. The number of amides is 1. The normalized spacial score (nSPS) is 20.9. The van der Waals surface area contributed by atoms with Gasteiger partial charge >= 0.3 is 6.09 Å². The first-order chi connectivity index (χ1) is 8.03. The van der Waals surface area contributed by atoms with Crippen LogP contribution in [0.5, 0.6) is 0 Å². The van der Waals surface area contributed by atoms with Crippen LogP contribution in [0, 0.1) is 16.7 Å². The van der Waals surface area contributed by atoms with E-state index in [-0.39, 0.29) is 23.9 Å². The zero-order valence-corrected chi connectivity index (χ0v) is 11.1. The van der Waals surface area contributed by atoms with Crippen LogP contribution in [0.3, 0.4) is 0 Å². The van der Waals surface area contributed by atoms with Gasteiger partial charge in [-0.3, -0.25) is 0 Å². The Labute approximate surface area is 112 Å². The molecule has 1 amide bonds. The first kappa shape index (κ1) is 14.3. The number of nitrogens with zero attached hydrogens (tertiary/aromatic N) is 1. The van der Waals surface area contributed by atoms with Crippen LogP contribution >= 0.6 is 12.4 Å². The van der Waals surface area contributed by atoms with E-state index in [1.807, 2.05) is 26.0 Å².